The molecule has 6 heteroatoms. The van der Waals surface area contributed by atoms with Crippen LogP contribution in [-0.4, -0.2) is 28.7 Å². The van der Waals surface area contributed by atoms with Gasteiger partial charge in [-0.15, -0.1) is 0 Å². The number of anilines is 1. The number of nitrogens with one attached hydrogen (secondary N) is 2. The van der Waals surface area contributed by atoms with Crippen molar-refractivity contribution in [3.8, 4) is 0 Å². The highest BCUT2D eigenvalue weighted by atomic mass is 16.5. The molecule has 0 spiro atoms. The number of nitrogens with zero attached hydrogens (tertiary/aromatic N) is 2. The number of hydrogen-bond acceptors (Lipinski definition) is 4. The van der Waals surface area contributed by atoms with Crippen LogP contribution in [0.25, 0.3) is 11.0 Å². The second-order valence-electron chi connectivity index (χ2n) is 5.37. The van der Waals surface area contributed by atoms with Crippen LogP contribution in [0.2, 0.25) is 0 Å². The van der Waals surface area contributed by atoms with Crippen LogP contribution in [0.15, 0.2) is 6.20 Å². The Labute approximate surface area is 123 Å². The van der Waals surface area contributed by atoms with E-state index in [0.29, 0.717) is 18.2 Å². The Hall–Kier alpha value is -2.11. The highest BCUT2D eigenvalue weighted by Gasteiger charge is 2.30. The van der Waals surface area contributed by atoms with E-state index >= 15 is 0 Å². The van der Waals surface area contributed by atoms with Gasteiger partial charge in [-0.1, -0.05) is 0 Å². The number of ether oxygens (including phenoxy) is 1. The van der Waals surface area contributed by atoms with Crippen LogP contribution in [-0.2, 0) is 11.3 Å². The minimum atomic E-state index is -0.321. The van der Waals surface area contributed by atoms with Gasteiger partial charge in [-0.25, -0.2) is 9.89 Å². The standard InChI is InChI=1S/C15H20N4O2/c1-4-19-14-12(9(3)18-19)13(17-10-6-7-10)11(8-16-14)15(20)21-5-2/h8,10H,4-7H2,1-3H3,(H,16,17,18,20)/p+1. The van der Waals surface area contributed by atoms with Crippen LogP contribution in [0.5, 0.6) is 0 Å². The van der Waals surface area contributed by atoms with Crippen molar-refractivity contribution in [2.45, 2.75) is 46.2 Å². The number of carbonyl (C=O) groups is 1. The molecule has 1 aliphatic carbocycles. The second kappa shape index (κ2) is 5.35. The van der Waals surface area contributed by atoms with Gasteiger partial charge in [0.2, 0.25) is 0 Å². The van der Waals surface area contributed by atoms with Gasteiger partial charge in [0.15, 0.2) is 6.20 Å². The van der Waals surface area contributed by atoms with Crippen molar-refractivity contribution in [2.24, 2.45) is 0 Å². The lowest BCUT2D eigenvalue weighted by atomic mass is 10.1. The Kier molecular flexibility index (Phi) is 3.53. The van der Waals surface area contributed by atoms with Crippen LogP contribution < -0.4 is 10.00 Å². The Bertz CT molecular complexity index is 689. The first kappa shape index (κ1) is 13.9. The number of H-pyrrole nitrogens is 1. The van der Waals surface area contributed by atoms with Crippen LogP contribution in [0.4, 0.5) is 5.69 Å². The molecule has 21 heavy (non-hydrogen) atoms. The zero-order valence-corrected chi connectivity index (χ0v) is 12.7. The van der Waals surface area contributed by atoms with Gasteiger partial charge >= 0.3 is 11.6 Å². The molecule has 2 aromatic rings. The average Bonchev–Trinajstić information content (AvgIpc) is 3.22. The third-order valence-corrected chi connectivity index (χ3v) is 3.73. The maximum atomic E-state index is 12.2. The molecule has 1 fully saturated rings. The summed E-state index contributed by atoms with van der Waals surface area (Å²) in [6, 6.07) is 0.452. The smallest absolute Gasteiger partial charge is 0.352 e. The highest BCUT2D eigenvalue weighted by Crippen LogP contribution is 2.32. The van der Waals surface area contributed by atoms with E-state index in [9.17, 15) is 4.79 Å². The Morgan fingerprint density at radius 2 is 2.29 bits per heavy atom. The first-order chi connectivity index (χ1) is 10.2. The summed E-state index contributed by atoms with van der Waals surface area (Å²) in [4.78, 5) is 16.6. The summed E-state index contributed by atoms with van der Waals surface area (Å²) >= 11 is 0. The summed E-state index contributed by atoms with van der Waals surface area (Å²) < 4.78 is 7.14. The number of esters is 1. The number of aryl methyl sites for hydroxylation is 2. The minimum Gasteiger partial charge on any atom is -0.462 e. The zero-order chi connectivity index (χ0) is 15.0. The van der Waals surface area contributed by atoms with E-state index in [1.807, 2.05) is 18.5 Å². The predicted molar refractivity (Wildman–Crippen MR) is 79.3 cm³/mol. The monoisotopic (exact) mass is 289 g/mol. The van der Waals surface area contributed by atoms with Gasteiger partial charge in [0.25, 0.3) is 0 Å². The number of pyridine rings is 1. The van der Waals surface area contributed by atoms with Gasteiger partial charge in [0.05, 0.1) is 18.0 Å². The van der Waals surface area contributed by atoms with Crippen molar-refractivity contribution < 1.29 is 14.2 Å². The summed E-state index contributed by atoms with van der Waals surface area (Å²) in [6.07, 6.45) is 3.90. The number of hydrogen-bond donors (Lipinski definition) is 2. The average molecular weight is 289 g/mol. The van der Waals surface area contributed by atoms with Crippen molar-refractivity contribution >= 4 is 22.7 Å². The molecule has 1 aliphatic rings. The van der Waals surface area contributed by atoms with Gasteiger partial charge in [-0.05, 0) is 38.6 Å². The third-order valence-electron chi connectivity index (χ3n) is 3.73. The molecule has 112 valence electrons. The summed E-state index contributed by atoms with van der Waals surface area (Å²) in [7, 11) is 0. The van der Waals surface area contributed by atoms with E-state index in [0.717, 1.165) is 41.8 Å². The highest BCUT2D eigenvalue weighted by molar-refractivity contribution is 6.04. The molecule has 0 atom stereocenters. The summed E-state index contributed by atoms with van der Waals surface area (Å²) in [5.41, 5.74) is 3.24. The van der Waals surface area contributed by atoms with Crippen LogP contribution in [0.1, 0.15) is 42.7 Å². The van der Waals surface area contributed by atoms with Crippen LogP contribution in [0, 0.1) is 6.92 Å². The largest absolute Gasteiger partial charge is 0.462 e. The molecule has 0 aromatic carbocycles. The van der Waals surface area contributed by atoms with E-state index in [4.69, 9.17) is 4.74 Å². The number of fused-ring (bicyclic) bond motifs is 1. The number of aromatic nitrogens is 3. The third kappa shape index (κ3) is 2.46. The molecule has 0 unspecified atom stereocenters. The molecule has 3 rings (SSSR count). The van der Waals surface area contributed by atoms with Gasteiger partial charge in [0.1, 0.15) is 17.5 Å². The van der Waals surface area contributed by atoms with Crippen molar-refractivity contribution in [1.29, 1.82) is 0 Å². The minimum absolute atomic E-state index is 0.321. The Morgan fingerprint density at radius 1 is 1.52 bits per heavy atom. The fraction of sp³-hybridized carbons (Fsp3) is 0.533. The van der Waals surface area contributed by atoms with Crippen molar-refractivity contribution in [2.75, 3.05) is 11.9 Å². The lowest BCUT2D eigenvalue weighted by Crippen LogP contribution is -2.35. The molecular weight excluding hydrogens is 268 g/mol. The maximum Gasteiger partial charge on any atom is 0.352 e. The maximum absolute atomic E-state index is 12.2. The molecule has 0 saturated heterocycles. The number of carbonyl (C=O) groups excluding carboxylic acids is 1. The van der Waals surface area contributed by atoms with E-state index < -0.39 is 0 Å². The summed E-state index contributed by atoms with van der Waals surface area (Å²) in [5, 5.41) is 7.75. The predicted octanol–water partition coefficient (Wildman–Crippen LogP) is 1.93. The molecule has 6 nitrogen and oxygen atoms in total. The molecule has 0 amide bonds. The summed E-state index contributed by atoms with van der Waals surface area (Å²) in [5.74, 6) is -0.321. The fourth-order valence-electron chi connectivity index (χ4n) is 2.55. The number of aromatic amines is 1. The quantitative estimate of drug-likeness (QED) is 0.652. The zero-order valence-electron chi connectivity index (χ0n) is 12.7. The first-order valence-corrected chi connectivity index (χ1v) is 7.50. The lowest BCUT2D eigenvalue weighted by Gasteiger charge is -2.09. The Balaban J connectivity index is 2.18. The van der Waals surface area contributed by atoms with Crippen molar-refractivity contribution in [3.63, 3.8) is 0 Å². The van der Waals surface area contributed by atoms with Crippen molar-refractivity contribution in [1.82, 2.24) is 10.1 Å². The van der Waals surface area contributed by atoms with Crippen LogP contribution >= 0.6 is 0 Å². The molecule has 2 heterocycles. The summed E-state index contributed by atoms with van der Waals surface area (Å²) in [6.45, 7) is 7.04. The van der Waals surface area contributed by atoms with Gasteiger partial charge in [0, 0.05) is 6.04 Å². The van der Waals surface area contributed by atoms with E-state index in [2.05, 4.69) is 22.3 Å². The van der Waals surface area contributed by atoms with E-state index in [1.54, 1.807) is 6.20 Å². The van der Waals surface area contributed by atoms with Gasteiger partial charge in [-0.3, -0.25) is 0 Å². The number of rotatable bonds is 5. The molecular formula is C15H21N4O2+. The van der Waals surface area contributed by atoms with E-state index in [-0.39, 0.29) is 5.97 Å². The van der Waals surface area contributed by atoms with Gasteiger partial charge in [-0.2, -0.15) is 4.68 Å². The van der Waals surface area contributed by atoms with Crippen molar-refractivity contribution in [3.05, 3.63) is 17.5 Å². The second-order valence-corrected chi connectivity index (χ2v) is 5.37. The fourth-order valence-corrected chi connectivity index (χ4v) is 2.55. The molecule has 0 radical (unpaired) electrons. The van der Waals surface area contributed by atoms with Crippen LogP contribution in [0.3, 0.4) is 0 Å². The molecule has 2 aromatic heterocycles. The SMILES string of the molecule is CCOC(=O)c1cnc2c(c(C)[nH][n+]2CC)c1NC1CC1. The lowest BCUT2D eigenvalue weighted by molar-refractivity contribution is -0.725. The van der Waals surface area contributed by atoms with E-state index in [1.165, 1.54) is 0 Å². The Morgan fingerprint density at radius 3 is 2.90 bits per heavy atom. The molecule has 0 bridgehead atoms. The molecule has 2 N–H and O–H groups in total. The topological polar surface area (TPSA) is 70.9 Å². The molecule has 0 aliphatic heterocycles. The first-order valence-electron chi connectivity index (χ1n) is 7.50. The molecule has 1 saturated carbocycles. The van der Waals surface area contributed by atoms with Gasteiger partial charge < -0.3 is 10.1 Å². The normalized spacial score (nSPS) is 14.4.